The van der Waals surface area contributed by atoms with Gasteiger partial charge in [-0.25, -0.2) is 0 Å². The largest absolute Gasteiger partial charge is 0.490 e. The molecule has 0 spiro atoms. The Morgan fingerprint density at radius 2 is 2.38 bits per heavy atom. The van der Waals surface area contributed by atoms with Gasteiger partial charge in [-0.2, -0.15) is 0 Å². The van der Waals surface area contributed by atoms with E-state index in [4.69, 9.17) is 16.3 Å². The van der Waals surface area contributed by atoms with E-state index >= 15 is 0 Å². The van der Waals surface area contributed by atoms with Gasteiger partial charge in [0.25, 0.3) is 0 Å². The summed E-state index contributed by atoms with van der Waals surface area (Å²) in [4.78, 5) is 1.16. The highest BCUT2D eigenvalue weighted by molar-refractivity contribution is 7.99. The molecule has 1 heterocycles. The second-order valence-electron chi connectivity index (χ2n) is 3.16. The van der Waals surface area contributed by atoms with Crippen LogP contribution in [0, 0.1) is 0 Å². The Labute approximate surface area is 87.4 Å². The highest BCUT2D eigenvalue weighted by atomic mass is 35.5. The van der Waals surface area contributed by atoms with Gasteiger partial charge < -0.3 is 4.74 Å². The zero-order valence-electron chi connectivity index (χ0n) is 7.42. The smallest absolute Gasteiger partial charge is 0.133 e. The standard InChI is InChI=1S/C10H11ClOS/c1-7-4-5-13-10-6-8(11)2-3-9(10)12-7/h2-3,6-7H,4-5H2,1H3. The van der Waals surface area contributed by atoms with Crippen LogP contribution in [0.5, 0.6) is 5.75 Å². The van der Waals surface area contributed by atoms with Crippen molar-refractivity contribution >= 4 is 23.4 Å². The molecular weight excluding hydrogens is 204 g/mol. The summed E-state index contributed by atoms with van der Waals surface area (Å²) in [5.74, 6) is 2.08. The molecule has 1 aromatic rings. The van der Waals surface area contributed by atoms with Gasteiger partial charge in [-0.1, -0.05) is 11.6 Å². The maximum Gasteiger partial charge on any atom is 0.133 e. The molecule has 0 saturated heterocycles. The number of hydrogen-bond donors (Lipinski definition) is 0. The molecule has 0 amide bonds. The number of halogens is 1. The van der Waals surface area contributed by atoms with Crippen LogP contribution < -0.4 is 4.74 Å². The highest BCUT2D eigenvalue weighted by Crippen LogP contribution is 2.35. The molecule has 1 aromatic carbocycles. The first-order valence-corrected chi connectivity index (χ1v) is 5.71. The first-order chi connectivity index (χ1) is 6.25. The van der Waals surface area contributed by atoms with Crippen LogP contribution in [0.15, 0.2) is 23.1 Å². The van der Waals surface area contributed by atoms with Gasteiger partial charge in [-0.3, -0.25) is 0 Å². The van der Waals surface area contributed by atoms with E-state index in [1.807, 2.05) is 30.0 Å². The average Bonchev–Trinajstić information content (AvgIpc) is 2.25. The summed E-state index contributed by atoms with van der Waals surface area (Å²) in [6.45, 7) is 2.10. The third-order valence-electron chi connectivity index (χ3n) is 2.02. The van der Waals surface area contributed by atoms with Crippen molar-refractivity contribution in [1.82, 2.24) is 0 Å². The van der Waals surface area contributed by atoms with Crippen LogP contribution in [0.2, 0.25) is 5.02 Å². The summed E-state index contributed by atoms with van der Waals surface area (Å²) < 4.78 is 5.73. The summed E-state index contributed by atoms with van der Waals surface area (Å²) in [5, 5.41) is 0.782. The zero-order chi connectivity index (χ0) is 9.26. The molecule has 2 rings (SSSR count). The van der Waals surface area contributed by atoms with Crippen molar-refractivity contribution < 1.29 is 4.74 Å². The normalized spacial score (nSPS) is 21.5. The minimum absolute atomic E-state index is 0.315. The third-order valence-corrected chi connectivity index (χ3v) is 3.32. The van der Waals surface area contributed by atoms with E-state index in [0.29, 0.717) is 6.10 Å². The van der Waals surface area contributed by atoms with Crippen molar-refractivity contribution in [1.29, 1.82) is 0 Å². The molecule has 3 heteroatoms. The fraction of sp³-hybridized carbons (Fsp3) is 0.400. The van der Waals surface area contributed by atoms with Gasteiger partial charge in [-0.05, 0) is 31.5 Å². The van der Waals surface area contributed by atoms with E-state index < -0.39 is 0 Å². The van der Waals surface area contributed by atoms with E-state index in [-0.39, 0.29) is 0 Å². The molecule has 1 aliphatic rings. The predicted molar refractivity (Wildman–Crippen MR) is 56.9 cm³/mol. The van der Waals surface area contributed by atoms with Crippen molar-refractivity contribution in [3.63, 3.8) is 0 Å². The van der Waals surface area contributed by atoms with Gasteiger partial charge >= 0.3 is 0 Å². The molecule has 0 N–H and O–H groups in total. The van der Waals surface area contributed by atoms with E-state index in [1.54, 1.807) is 0 Å². The van der Waals surface area contributed by atoms with Crippen LogP contribution in [0.4, 0.5) is 0 Å². The number of hydrogen-bond acceptors (Lipinski definition) is 2. The second kappa shape index (κ2) is 3.81. The lowest BCUT2D eigenvalue weighted by Crippen LogP contribution is -2.10. The number of thioether (sulfide) groups is 1. The van der Waals surface area contributed by atoms with E-state index in [0.717, 1.165) is 27.8 Å². The Morgan fingerprint density at radius 1 is 1.54 bits per heavy atom. The number of ether oxygens (including phenoxy) is 1. The topological polar surface area (TPSA) is 9.23 Å². The van der Waals surface area contributed by atoms with Crippen molar-refractivity contribution in [2.45, 2.75) is 24.3 Å². The Hall–Kier alpha value is -0.340. The molecule has 0 saturated carbocycles. The SMILES string of the molecule is CC1CCSc2cc(Cl)ccc2O1. The van der Waals surface area contributed by atoms with Gasteiger partial charge in [0.05, 0.1) is 11.0 Å². The molecule has 1 aliphatic heterocycles. The molecule has 1 nitrogen and oxygen atoms in total. The molecule has 0 fully saturated rings. The van der Waals surface area contributed by atoms with Crippen LogP contribution in [0.25, 0.3) is 0 Å². The van der Waals surface area contributed by atoms with Gasteiger partial charge in [0.1, 0.15) is 5.75 Å². The first-order valence-electron chi connectivity index (χ1n) is 4.35. The quantitative estimate of drug-likeness (QED) is 0.653. The van der Waals surface area contributed by atoms with E-state index in [2.05, 4.69) is 6.92 Å². The van der Waals surface area contributed by atoms with E-state index in [1.165, 1.54) is 0 Å². The number of benzene rings is 1. The maximum absolute atomic E-state index is 5.90. The van der Waals surface area contributed by atoms with Crippen molar-refractivity contribution in [3.05, 3.63) is 23.2 Å². The monoisotopic (exact) mass is 214 g/mol. The lowest BCUT2D eigenvalue weighted by molar-refractivity contribution is 0.216. The molecule has 1 unspecified atom stereocenters. The third kappa shape index (κ3) is 2.12. The molecule has 0 aromatic heterocycles. The molecule has 1 atom stereocenters. The van der Waals surface area contributed by atoms with Crippen LogP contribution in [-0.4, -0.2) is 11.9 Å². The first kappa shape index (κ1) is 9.22. The van der Waals surface area contributed by atoms with Gasteiger partial charge in [0, 0.05) is 10.8 Å². The van der Waals surface area contributed by atoms with E-state index in [9.17, 15) is 0 Å². The Bertz CT molecular complexity index is 314. The molecule has 0 aliphatic carbocycles. The van der Waals surface area contributed by atoms with Gasteiger partial charge in [-0.15, -0.1) is 11.8 Å². The van der Waals surface area contributed by atoms with Crippen LogP contribution in [-0.2, 0) is 0 Å². The molecule has 0 bridgehead atoms. The van der Waals surface area contributed by atoms with Crippen molar-refractivity contribution in [3.8, 4) is 5.75 Å². The minimum Gasteiger partial charge on any atom is -0.490 e. The maximum atomic E-state index is 5.90. The van der Waals surface area contributed by atoms with Gasteiger partial charge in [0.15, 0.2) is 0 Å². The number of fused-ring (bicyclic) bond motifs is 1. The summed E-state index contributed by atoms with van der Waals surface area (Å²) >= 11 is 7.72. The van der Waals surface area contributed by atoms with Gasteiger partial charge in [0.2, 0.25) is 0 Å². The van der Waals surface area contributed by atoms with Crippen LogP contribution in [0.1, 0.15) is 13.3 Å². The highest BCUT2D eigenvalue weighted by Gasteiger charge is 2.14. The van der Waals surface area contributed by atoms with Crippen molar-refractivity contribution in [2.75, 3.05) is 5.75 Å². The summed E-state index contributed by atoms with van der Waals surface area (Å²) in [7, 11) is 0. The lowest BCUT2D eigenvalue weighted by Gasteiger charge is -2.11. The lowest BCUT2D eigenvalue weighted by atomic mass is 10.3. The fourth-order valence-corrected chi connectivity index (χ4v) is 2.68. The minimum atomic E-state index is 0.315. The summed E-state index contributed by atoms with van der Waals surface area (Å²) in [6.07, 6.45) is 1.41. The Balaban J connectivity index is 2.34. The second-order valence-corrected chi connectivity index (χ2v) is 4.73. The van der Waals surface area contributed by atoms with Crippen LogP contribution >= 0.6 is 23.4 Å². The molecule has 0 radical (unpaired) electrons. The summed E-state index contributed by atoms with van der Waals surface area (Å²) in [6, 6.07) is 5.80. The van der Waals surface area contributed by atoms with Crippen molar-refractivity contribution in [2.24, 2.45) is 0 Å². The fourth-order valence-electron chi connectivity index (χ4n) is 1.30. The molecular formula is C10H11ClOS. The zero-order valence-corrected chi connectivity index (χ0v) is 8.99. The number of rotatable bonds is 0. The average molecular weight is 215 g/mol. The summed E-state index contributed by atoms with van der Waals surface area (Å²) in [5.41, 5.74) is 0. The Kier molecular flexibility index (Phi) is 2.70. The molecule has 70 valence electrons. The van der Waals surface area contributed by atoms with Crippen LogP contribution in [0.3, 0.4) is 0 Å². The Morgan fingerprint density at radius 3 is 3.23 bits per heavy atom. The predicted octanol–water partition coefficient (Wildman–Crippen LogP) is 3.60. The molecule has 13 heavy (non-hydrogen) atoms.